The summed E-state index contributed by atoms with van der Waals surface area (Å²) in [5, 5.41) is 1.20. The predicted octanol–water partition coefficient (Wildman–Crippen LogP) is 5.75. The highest BCUT2D eigenvalue weighted by Crippen LogP contribution is 2.32. The molecule has 1 fully saturated rings. The van der Waals surface area contributed by atoms with Gasteiger partial charge in [0.1, 0.15) is 0 Å². The fraction of sp³-hybridized carbons (Fsp3) is 0.391. The second-order valence-electron chi connectivity index (χ2n) is 7.65. The summed E-state index contributed by atoms with van der Waals surface area (Å²) < 4.78 is 44.0. The minimum atomic E-state index is -4.95. The summed E-state index contributed by atoms with van der Waals surface area (Å²) >= 11 is 12.1. The predicted molar refractivity (Wildman–Crippen MR) is 120 cm³/mol. The van der Waals surface area contributed by atoms with Crippen LogP contribution in [0.3, 0.4) is 0 Å². The number of benzene rings is 2. The molecule has 0 radical (unpaired) electrons. The van der Waals surface area contributed by atoms with E-state index in [1.807, 2.05) is 24.3 Å². The van der Waals surface area contributed by atoms with Crippen LogP contribution >= 0.6 is 23.2 Å². The maximum absolute atomic E-state index is 13.1. The molecule has 5 nitrogen and oxygen atoms in total. The lowest BCUT2D eigenvalue weighted by Crippen LogP contribution is -2.52. The molecule has 2 aromatic rings. The molecular weight excluding hydrogens is 480 g/mol. The number of carbonyl (C=O) groups excluding carboxylic acids is 2. The second-order valence-corrected chi connectivity index (χ2v) is 8.53. The molecule has 1 atom stereocenters. The molecule has 0 spiro atoms. The Kier molecular flexibility index (Phi) is 8.26. The molecule has 1 aliphatic heterocycles. The summed E-state index contributed by atoms with van der Waals surface area (Å²) in [5.74, 6) is -1.18. The van der Waals surface area contributed by atoms with Crippen LogP contribution in [0.4, 0.5) is 18.0 Å². The summed E-state index contributed by atoms with van der Waals surface area (Å²) in [6, 6.07) is 14.6. The molecule has 10 heteroatoms. The zero-order valence-corrected chi connectivity index (χ0v) is 19.3. The standard InChI is InChI=1S/C23H23Cl2F3N2O3/c1-2-19(31)21(23(26,27)28)33-22(32)30-13-11-29(12-14-30)20(15-3-7-17(24)8-4-15)16-5-9-18(25)10-6-16/h3-10,20-21H,2,11-14H2,1H3. The molecule has 33 heavy (non-hydrogen) atoms. The Morgan fingerprint density at radius 1 is 0.909 bits per heavy atom. The summed E-state index contributed by atoms with van der Waals surface area (Å²) in [5.41, 5.74) is 1.95. The number of amides is 1. The molecule has 1 saturated heterocycles. The molecule has 1 heterocycles. The van der Waals surface area contributed by atoms with Crippen LogP contribution in [0.25, 0.3) is 0 Å². The van der Waals surface area contributed by atoms with Crippen LogP contribution in [0.2, 0.25) is 10.0 Å². The first-order valence-corrected chi connectivity index (χ1v) is 11.2. The summed E-state index contributed by atoms with van der Waals surface area (Å²) in [6.07, 6.45) is -9.22. The minimum Gasteiger partial charge on any atom is -0.428 e. The van der Waals surface area contributed by atoms with Crippen LogP contribution in [0.5, 0.6) is 0 Å². The Labute approximate surface area is 200 Å². The van der Waals surface area contributed by atoms with Crippen molar-refractivity contribution in [2.24, 2.45) is 0 Å². The van der Waals surface area contributed by atoms with Crippen LogP contribution in [-0.2, 0) is 9.53 Å². The van der Waals surface area contributed by atoms with Gasteiger partial charge in [0, 0.05) is 42.6 Å². The Balaban J connectivity index is 1.73. The minimum absolute atomic E-state index is 0.154. The van der Waals surface area contributed by atoms with Crippen molar-refractivity contribution in [1.82, 2.24) is 9.80 Å². The summed E-state index contributed by atoms with van der Waals surface area (Å²) in [4.78, 5) is 27.3. The molecule has 0 aliphatic carbocycles. The lowest BCUT2D eigenvalue weighted by atomic mass is 9.96. The zero-order chi connectivity index (χ0) is 24.2. The molecule has 0 saturated carbocycles. The first-order valence-electron chi connectivity index (χ1n) is 10.4. The van der Waals surface area contributed by atoms with E-state index in [0.29, 0.717) is 23.1 Å². The van der Waals surface area contributed by atoms with E-state index < -0.39 is 24.2 Å². The highest BCUT2D eigenvalue weighted by Gasteiger charge is 2.48. The van der Waals surface area contributed by atoms with E-state index in [1.54, 1.807) is 24.3 Å². The van der Waals surface area contributed by atoms with Crippen molar-refractivity contribution in [3.63, 3.8) is 0 Å². The van der Waals surface area contributed by atoms with Gasteiger partial charge in [-0.3, -0.25) is 9.69 Å². The van der Waals surface area contributed by atoms with Crippen LogP contribution in [-0.4, -0.2) is 60.1 Å². The number of Topliss-reactive ketones (excluding diaryl/α,β-unsaturated/α-hetero) is 1. The van der Waals surface area contributed by atoms with Crippen molar-refractivity contribution in [2.45, 2.75) is 31.7 Å². The highest BCUT2D eigenvalue weighted by molar-refractivity contribution is 6.30. The van der Waals surface area contributed by atoms with Crippen LogP contribution < -0.4 is 0 Å². The van der Waals surface area contributed by atoms with E-state index in [4.69, 9.17) is 23.2 Å². The molecule has 178 valence electrons. The van der Waals surface area contributed by atoms with E-state index in [-0.39, 0.29) is 25.6 Å². The van der Waals surface area contributed by atoms with Gasteiger partial charge in [0.15, 0.2) is 5.78 Å². The van der Waals surface area contributed by atoms with E-state index in [0.717, 1.165) is 11.1 Å². The first-order chi connectivity index (χ1) is 15.6. The van der Waals surface area contributed by atoms with E-state index >= 15 is 0 Å². The number of alkyl halides is 3. The Morgan fingerprint density at radius 2 is 1.36 bits per heavy atom. The van der Waals surface area contributed by atoms with Gasteiger partial charge in [0.25, 0.3) is 6.10 Å². The number of hydrogen-bond donors (Lipinski definition) is 0. The van der Waals surface area contributed by atoms with Crippen LogP contribution in [0.15, 0.2) is 48.5 Å². The molecule has 0 bridgehead atoms. The van der Waals surface area contributed by atoms with Gasteiger partial charge in [-0.05, 0) is 35.4 Å². The number of rotatable bonds is 6. The van der Waals surface area contributed by atoms with Crippen molar-refractivity contribution in [3.05, 3.63) is 69.7 Å². The lowest BCUT2D eigenvalue weighted by Gasteiger charge is -2.39. The SMILES string of the molecule is CCC(=O)C(OC(=O)N1CCN(C(c2ccc(Cl)cc2)c2ccc(Cl)cc2)CC1)C(F)(F)F. The molecule has 1 amide bonds. The van der Waals surface area contributed by atoms with Gasteiger partial charge < -0.3 is 9.64 Å². The number of halogens is 5. The molecule has 1 unspecified atom stereocenters. The Bertz CT molecular complexity index is 915. The highest BCUT2D eigenvalue weighted by atomic mass is 35.5. The van der Waals surface area contributed by atoms with Gasteiger partial charge in [-0.25, -0.2) is 4.79 Å². The average molecular weight is 503 g/mol. The van der Waals surface area contributed by atoms with Gasteiger partial charge in [-0.2, -0.15) is 13.2 Å². The lowest BCUT2D eigenvalue weighted by molar-refractivity contribution is -0.205. The zero-order valence-electron chi connectivity index (χ0n) is 17.8. The normalized spacial score (nSPS) is 16.0. The number of carbonyl (C=O) groups is 2. The van der Waals surface area contributed by atoms with Gasteiger partial charge >= 0.3 is 12.3 Å². The van der Waals surface area contributed by atoms with Crippen molar-refractivity contribution in [2.75, 3.05) is 26.2 Å². The number of ether oxygens (including phenoxy) is 1. The molecule has 1 aliphatic rings. The monoisotopic (exact) mass is 502 g/mol. The molecule has 2 aromatic carbocycles. The first kappa shape index (κ1) is 25.3. The third kappa shape index (κ3) is 6.40. The molecule has 0 N–H and O–H groups in total. The third-order valence-corrected chi connectivity index (χ3v) is 5.97. The van der Waals surface area contributed by atoms with Crippen LogP contribution in [0.1, 0.15) is 30.5 Å². The quantitative estimate of drug-likeness (QED) is 0.504. The third-order valence-electron chi connectivity index (χ3n) is 5.47. The topological polar surface area (TPSA) is 49.9 Å². The van der Waals surface area contributed by atoms with Crippen molar-refractivity contribution < 1.29 is 27.5 Å². The van der Waals surface area contributed by atoms with Gasteiger partial charge in [0.2, 0.25) is 0 Å². The average Bonchev–Trinajstić information content (AvgIpc) is 2.79. The van der Waals surface area contributed by atoms with Gasteiger partial charge in [-0.1, -0.05) is 54.4 Å². The molecule has 0 aromatic heterocycles. The summed E-state index contributed by atoms with van der Waals surface area (Å²) in [7, 11) is 0. The van der Waals surface area contributed by atoms with Gasteiger partial charge in [-0.15, -0.1) is 0 Å². The number of hydrogen-bond acceptors (Lipinski definition) is 4. The van der Waals surface area contributed by atoms with Crippen molar-refractivity contribution in [3.8, 4) is 0 Å². The Morgan fingerprint density at radius 3 is 1.76 bits per heavy atom. The largest absolute Gasteiger partial charge is 0.432 e. The van der Waals surface area contributed by atoms with Crippen LogP contribution in [0, 0.1) is 0 Å². The molecule has 3 rings (SSSR count). The van der Waals surface area contributed by atoms with E-state index in [1.165, 1.54) is 11.8 Å². The smallest absolute Gasteiger partial charge is 0.428 e. The fourth-order valence-corrected chi connectivity index (χ4v) is 3.99. The van der Waals surface area contributed by atoms with Crippen molar-refractivity contribution >= 4 is 35.1 Å². The Hall–Kier alpha value is -2.29. The van der Waals surface area contributed by atoms with Crippen molar-refractivity contribution in [1.29, 1.82) is 0 Å². The molecular formula is C23H23Cl2F3N2O3. The van der Waals surface area contributed by atoms with E-state index in [2.05, 4.69) is 9.64 Å². The van der Waals surface area contributed by atoms with Gasteiger partial charge in [0.05, 0.1) is 6.04 Å². The second kappa shape index (κ2) is 10.8. The number of nitrogens with zero attached hydrogens (tertiary/aromatic N) is 2. The van der Waals surface area contributed by atoms with E-state index in [9.17, 15) is 22.8 Å². The summed E-state index contributed by atoms with van der Waals surface area (Å²) in [6.45, 7) is 2.39. The number of ketones is 1. The maximum atomic E-state index is 13.1. The fourth-order valence-electron chi connectivity index (χ4n) is 3.74. The maximum Gasteiger partial charge on any atom is 0.432 e. The number of piperazine rings is 1.